The highest BCUT2D eigenvalue weighted by Crippen LogP contribution is 2.21. The summed E-state index contributed by atoms with van der Waals surface area (Å²) in [7, 11) is 1.27. The normalized spacial score (nSPS) is 17.6. The average Bonchev–Trinajstić information content (AvgIpc) is 3.08. The highest BCUT2D eigenvalue weighted by Gasteiger charge is 2.29. The number of rotatable bonds is 8. The van der Waals surface area contributed by atoms with Gasteiger partial charge in [0.15, 0.2) is 0 Å². The van der Waals surface area contributed by atoms with E-state index in [0.717, 1.165) is 12.8 Å². The van der Waals surface area contributed by atoms with E-state index in [1.807, 2.05) is 0 Å². The zero-order chi connectivity index (χ0) is 13.6. The van der Waals surface area contributed by atoms with Crippen LogP contribution in [0.3, 0.4) is 0 Å². The number of carbonyl (C=O) groups is 1. The van der Waals surface area contributed by atoms with Crippen molar-refractivity contribution in [1.82, 2.24) is 5.32 Å². The molecule has 1 saturated carbocycles. The third-order valence-corrected chi connectivity index (χ3v) is 2.53. The molecule has 0 bridgehead atoms. The van der Waals surface area contributed by atoms with Gasteiger partial charge in [0.25, 0.3) is 0 Å². The van der Waals surface area contributed by atoms with Crippen LogP contribution in [-0.4, -0.2) is 44.6 Å². The van der Waals surface area contributed by atoms with Gasteiger partial charge in [0, 0.05) is 19.1 Å². The Kier molecular flexibility index (Phi) is 5.87. The van der Waals surface area contributed by atoms with Crippen molar-refractivity contribution in [1.29, 1.82) is 0 Å². The van der Waals surface area contributed by atoms with E-state index in [9.17, 15) is 18.0 Å². The second-order valence-electron chi connectivity index (χ2n) is 4.31. The Hall–Kier alpha value is -0.820. The number of halogens is 3. The van der Waals surface area contributed by atoms with Crippen molar-refractivity contribution < 1.29 is 27.4 Å². The molecular weight excluding hydrogens is 251 g/mol. The van der Waals surface area contributed by atoms with Crippen LogP contribution in [0.5, 0.6) is 0 Å². The van der Waals surface area contributed by atoms with Crippen molar-refractivity contribution in [2.24, 2.45) is 0 Å². The Labute approximate surface area is 104 Å². The lowest BCUT2D eigenvalue weighted by Gasteiger charge is -2.16. The monoisotopic (exact) mass is 269 g/mol. The lowest BCUT2D eigenvalue weighted by molar-refractivity contribution is -0.146. The molecule has 0 saturated heterocycles. The number of ether oxygens (including phenoxy) is 2. The number of esters is 1. The molecule has 1 fully saturated rings. The van der Waals surface area contributed by atoms with Crippen LogP contribution in [0.2, 0.25) is 0 Å². The van der Waals surface area contributed by atoms with Gasteiger partial charge in [0.2, 0.25) is 0 Å². The summed E-state index contributed by atoms with van der Waals surface area (Å²) in [6.45, 7) is 0.0282. The number of methoxy groups -OCH3 is 1. The molecule has 7 heteroatoms. The fourth-order valence-corrected chi connectivity index (χ4v) is 1.44. The van der Waals surface area contributed by atoms with Gasteiger partial charge in [-0.3, -0.25) is 10.1 Å². The smallest absolute Gasteiger partial charge is 0.389 e. The van der Waals surface area contributed by atoms with E-state index in [-0.39, 0.29) is 19.6 Å². The van der Waals surface area contributed by atoms with Crippen LogP contribution >= 0.6 is 0 Å². The molecule has 106 valence electrons. The van der Waals surface area contributed by atoms with Gasteiger partial charge in [-0.15, -0.1) is 0 Å². The molecule has 18 heavy (non-hydrogen) atoms. The first-order chi connectivity index (χ1) is 8.42. The van der Waals surface area contributed by atoms with Crippen LogP contribution < -0.4 is 5.32 Å². The van der Waals surface area contributed by atoms with Gasteiger partial charge < -0.3 is 9.47 Å². The summed E-state index contributed by atoms with van der Waals surface area (Å²) in [5, 5.41) is 3.03. The highest BCUT2D eigenvalue weighted by atomic mass is 19.4. The molecule has 0 spiro atoms. The predicted molar refractivity (Wildman–Crippen MR) is 58.1 cm³/mol. The van der Waals surface area contributed by atoms with Crippen LogP contribution in [0.15, 0.2) is 0 Å². The van der Waals surface area contributed by atoms with E-state index in [1.54, 1.807) is 0 Å². The zero-order valence-electron chi connectivity index (χ0n) is 10.3. The molecule has 1 N–H and O–H groups in total. The first-order valence-electron chi connectivity index (χ1n) is 5.91. The Morgan fingerprint density at radius 3 is 2.61 bits per heavy atom. The SMILES string of the molecule is COC(=O)C(COCCCC(F)(F)F)NC1CC1. The van der Waals surface area contributed by atoms with Crippen LogP contribution in [-0.2, 0) is 14.3 Å². The van der Waals surface area contributed by atoms with E-state index in [1.165, 1.54) is 7.11 Å². The van der Waals surface area contributed by atoms with Crippen molar-refractivity contribution in [2.75, 3.05) is 20.3 Å². The van der Waals surface area contributed by atoms with Crippen molar-refractivity contribution in [3.8, 4) is 0 Å². The Balaban J connectivity index is 2.14. The van der Waals surface area contributed by atoms with Gasteiger partial charge >= 0.3 is 12.1 Å². The van der Waals surface area contributed by atoms with Gasteiger partial charge in [-0.2, -0.15) is 13.2 Å². The quantitative estimate of drug-likeness (QED) is 0.537. The largest absolute Gasteiger partial charge is 0.468 e. The maximum atomic E-state index is 11.9. The lowest BCUT2D eigenvalue weighted by atomic mass is 10.3. The summed E-state index contributed by atoms with van der Waals surface area (Å²) in [6.07, 6.45) is -3.12. The van der Waals surface area contributed by atoms with E-state index >= 15 is 0 Å². The molecule has 1 aliphatic carbocycles. The minimum absolute atomic E-state index is 0.0145. The minimum atomic E-state index is -4.16. The highest BCUT2D eigenvalue weighted by molar-refractivity contribution is 5.75. The van der Waals surface area contributed by atoms with Crippen LogP contribution in [0.4, 0.5) is 13.2 Å². The lowest BCUT2D eigenvalue weighted by Crippen LogP contribution is -2.42. The first kappa shape index (κ1) is 15.2. The van der Waals surface area contributed by atoms with Crippen LogP contribution in [0, 0.1) is 0 Å². The van der Waals surface area contributed by atoms with Gasteiger partial charge in [0.05, 0.1) is 13.7 Å². The summed E-state index contributed by atoms with van der Waals surface area (Å²) in [6, 6.07) is -0.290. The third kappa shape index (κ3) is 6.80. The fraction of sp³-hybridized carbons (Fsp3) is 0.909. The zero-order valence-corrected chi connectivity index (χ0v) is 10.3. The van der Waals surface area contributed by atoms with Crippen molar-refractivity contribution in [2.45, 2.75) is 43.9 Å². The molecule has 1 unspecified atom stereocenters. The Morgan fingerprint density at radius 1 is 1.44 bits per heavy atom. The molecule has 1 atom stereocenters. The van der Waals surface area contributed by atoms with Gasteiger partial charge in [-0.25, -0.2) is 0 Å². The first-order valence-corrected chi connectivity index (χ1v) is 5.91. The maximum Gasteiger partial charge on any atom is 0.389 e. The van der Waals surface area contributed by atoms with E-state index in [2.05, 4.69) is 10.1 Å². The average molecular weight is 269 g/mol. The minimum Gasteiger partial charge on any atom is -0.468 e. The molecule has 1 rings (SSSR count). The number of nitrogens with one attached hydrogen (secondary N) is 1. The molecule has 1 aliphatic rings. The fourth-order valence-electron chi connectivity index (χ4n) is 1.44. The molecule has 0 aromatic heterocycles. The van der Waals surface area contributed by atoms with E-state index in [4.69, 9.17) is 4.74 Å². The van der Waals surface area contributed by atoms with Crippen molar-refractivity contribution in [3.63, 3.8) is 0 Å². The van der Waals surface area contributed by atoms with Gasteiger partial charge in [0.1, 0.15) is 6.04 Å². The van der Waals surface area contributed by atoms with Crippen molar-refractivity contribution in [3.05, 3.63) is 0 Å². The topological polar surface area (TPSA) is 47.6 Å². The molecule has 0 aliphatic heterocycles. The predicted octanol–water partition coefficient (Wildman–Crippen LogP) is 1.64. The number of carbonyl (C=O) groups excluding carboxylic acids is 1. The van der Waals surface area contributed by atoms with E-state index in [0.29, 0.717) is 6.04 Å². The third-order valence-electron chi connectivity index (χ3n) is 2.53. The second kappa shape index (κ2) is 6.94. The van der Waals surface area contributed by atoms with E-state index < -0.39 is 24.6 Å². The summed E-state index contributed by atoms with van der Waals surface area (Å²) >= 11 is 0. The van der Waals surface area contributed by atoms with Gasteiger partial charge in [-0.1, -0.05) is 0 Å². The molecule has 0 radical (unpaired) electrons. The molecule has 0 heterocycles. The second-order valence-corrected chi connectivity index (χ2v) is 4.31. The summed E-state index contributed by atoms with van der Waals surface area (Å²) < 4.78 is 45.3. The van der Waals surface area contributed by atoms with Gasteiger partial charge in [-0.05, 0) is 19.3 Å². The number of alkyl halides is 3. The Morgan fingerprint density at radius 2 is 2.11 bits per heavy atom. The summed E-state index contributed by atoms with van der Waals surface area (Å²) in [5.41, 5.74) is 0. The van der Waals surface area contributed by atoms with Crippen molar-refractivity contribution >= 4 is 5.97 Å². The molecule has 0 aromatic carbocycles. The number of hydrogen-bond acceptors (Lipinski definition) is 4. The number of hydrogen-bond donors (Lipinski definition) is 1. The Bertz CT molecular complexity index is 267. The molecule has 0 aromatic rings. The van der Waals surface area contributed by atoms with Crippen LogP contribution in [0.25, 0.3) is 0 Å². The molecule has 4 nitrogen and oxygen atoms in total. The standard InChI is InChI=1S/C11H18F3NO3/c1-17-10(16)9(15-8-3-4-8)7-18-6-2-5-11(12,13)14/h8-9,15H,2-7H2,1H3. The maximum absolute atomic E-state index is 11.9. The molecule has 0 amide bonds. The molecular formula is C11H18F3NO3. The summed E-state index contributed by atoms with van der Waals surface area (Å²) in [4.78, 5) is 11.4. The summed E-state index contributed by atoms with van der Waals surface area (Å²) in [5.74, 6) is -0.447. The van der Waals surface area contributed by atoms with Crippen LogP contribution in [0.1, 0.15) is 25.7 Å².